The number of nitrogens with one attached hydrogen (secondary N) is 1. The third kappa shape index (κ3) is 3.70. The van der Waals surface area contributed by atoms with E-state index in [2.05, 4.69) is 38.3 Å². The van der Waals surface area contributed by atoms with E-state index >= 15 is 0 Å². The van der Waals surface area contributed by atoms with E-state index in [9.17, 15) is 0 Å². The molecular formula is C18H29NO2. The second-order valence-electron chi connectivity index (χ2n) is 6.44. The van der Waals surface area contributed by atoms with Crippen LogP contribution in [0.1, 0.15) is 44.7 Å². The minimum absolute atomic E-state index is 0.365. The summed E-state index contributed by atoms with van der Waals surface area (Å²) in [6.07, 6.45) is 3.90. The minimum atomic E-state index is 0.365. The van der Waals surface area contributed by atoms with Crippen LogP contribution in [0.2, 0.25) is 0 Å². The van der Waals surface area contributed by atoms with Crippen LogP contribution in [0.3, 0.4) is 0 Å². The highest BCUT2D eigenvalue weighted by Crippen LogP contribution is 2.41. The fourth-order valence-corrected chi connectivity index (χ4v) is 3.58. The van der Waals surface area contributed by atoms with Crippen molar-refractivity contribution in [3.63, 3.8) is 0 Å². The molecule has 0 radical (unpaired) electrons. The van der Waals surface area contributed by atoms with Crippen LogP contribution in [0.15, 0.2) is 18.2 Å². The van der Waals surface area contributed by atoms with Crippen molar-refractivity contribution >= 4 is 0 Å². The standard InChI is InChI=1S/C18H29NO2/c1-12-6-7-14(8-13(12)2)18(19-3)15-9-16(20-4)11-17(10-15)21-5/h9-14,18-19H,6-8H2,1-5H3. The molecule has 118 valence electrons. The van der Waals surface area contributed by atoms with E-state index in [1.807, 2.05) is 6.07 Å². The van der Waals surface area contributed by atoms with E-state index < -0.39 is 0 Å². The van der Waals surface area contributed by atoms with Gasteiger partial charge in [0.25, 0.3) is 0 Å². The molecule has 0 bridgehead atoms. The fraction of sp³-hybridized carbons (Fsp3) is 0.667. The molecule has 21 heavy (non-hydrogen) atoms. The summed E-state index contributed by atoms with van der Waals surface area (Å²) >= 11 is 0. The van der Waals surface area contributed by atoms with Crippen molar-refractivity contribution < 1.29 is 9.47 Å². The third-order valence-electron chi connectivity index (χ3n) is 5.15. The summed E-state index contributed by atoms with van der Waals surface area (Å²) in [5.41, 5.74) is 1.26. The highest BCUT2D eigenvalue weighted by atomic mass is 16.5. The first kappa shape index (κ1) is 16.2. The smallest absolute Gasteiger partial charge is 0.122 e. The van der Waals surface area contributed by atoms with Crippen molar-refractivity contribution in [3.05, 3.63) is 23.8 Å². The third-order valence-corrected chi connectivity index (χ3v) is 5.15. The lowest BCUT2D eigenvalue weighted by Crippen LogP contribution is -2.31. The molecule has 1 aliphatic carbocycles. The maximum absolute atomic E-state index is 5.41. The Morgan fingerprint density at radius 2 is 1.62 bits per heavy atom. The van der Waals surface area contributed by atoms with E-state index in [-0.39, 0.29) is 0 Å². The molecule has 3 heteroatoms. The van der Waals surface area contributed by atoms with Crippen LogP contribution >= 0.6 is 0 Å². The summed E-state index contributed by atoms with van der Waals surface area (Å²) in [4.78, 5) is 0. The lowest BCUT2D eigenvalue weighted by Gasteiger charge is -2.37. The van der Waals surface area contributed by atoms with Gasteiger partial charge in [0, 0.05) is 12.1 Å². The number of methoxy groups -OCH3 is 2. The molecule has 2 rings (SSSR count). The molecule has 1 aromatic rings. The quantitative estimate of drug-likeness (QED) is 0.888. The summed E-state index contributed by atoms with van der Waals surface area (Å²) in [6.45, 7) is 4.76. The van der Waals surface area contributed by atoms with E-state index in [1.54, 1.807) is 14.2 Å². The Balaban J connectivity index is 2.24. The molecule has 0 saturated heterocycles. The van der Waals surface area contributed by atoms with Gasteiger partial charge < -0.3 is 14.8 Å². The maximum Gasteiger partial charge on any atom is 0.122 e. The monoisotopic (exact) mass is 291 g/mol. The number of ether oxygens (including phenoxy) is 2. The normalized spacial score (nSPS) is 27.2. The van der Waals surface area contributed by atoms with Crippen molar-refractivity contribution in [2.75, 3.05) is 21.3 Å². The number of benzene rings is 1. The zero-order valence-corrected chi connectivity index (χ0v) is 14.0. The Morgan fingerprint density at radius 1 is 1.00 bits per heavy atom. The van der Waals surface area contributed by atoms with Gasteiger partial charge in [-0.25, -0.2) is 0 Å². The van der Waals surface area contributed by atoms with Crippen LogP contribution in [0, 0.1) is 17.8 Å². The molecule has 0 amide bonds. The average Bonchev–Trinajstić information content (AvgIpc) is 2.51. The van der Waals surface area contributed by atoms with Gasteiger partial charge in [0.1, 0.15) is 11.5 Å². The van der Waals surface area contributed by atoms with Crippen LogP contribution in [0.5, 0.6) is 11.5 Å². The Labute approximate surface area is 129 Å². The van der Waals surface area contributed by atoms with Gasteiger partial charge in [-0.15, -0.1) is 0 Å². The lowest BCUT2D eigenvalue weighted by molar-refractivity contribution is 0.174. The molecule has 1 aliphatic rings. The molecular weight excluding hydrogens is 262 g/mol. The van der Waals surface area contributed by atoms with Gasteiger partial charge in [-0.3, -0.25) is 0 Å². The molecule has 4 unspecified atom stereocenters. The van der Waals surface area contributed by atoms with E-state index in [0.29, 0.717) is 12.0 Å². The first-order valence-electron chi connectivity index (χ1n) is 7.99. The molecule has 1 saturated carbocycles. The van der Waals surface area contributed by atoms with Gasteiger partial charge >= 0.3 is 0 Å². The largest absolute Gasteiger partial charge is 0.497 e. The molecule has 0 heterocycles. The Kier molecular flexibility index (Phi) is 5.51. The molecule has 0 spiro atoms. The molecule has 1 aromatic carbocycles. The van der Waals surface area contributed by atoms with Crippen LogP contribution in [-0.4, -0.2) is 21.3 Å². The molecule has 1 N–H and O–H groups in total. The van der Waals surface area contributed by atoms with E-state index in [4.69, 9.17) is 9.47 Å². The summed E-state index contributed by atoms with van der Waals surface area (Å²) in [5.74, 6) is 4.05. The minimum Gasteiger partial charge on any atom is -0.497 e. The molecule has 4 atom stereocenters. The Hall–Kier alpha value is -1.22. The van der Waals surface area contributed by atoms with E-state index in [1.165, 1.54) is 24.8 Å². The number of rotatable bonds is 5. The van der Waals surface area contributed by atoms with Crippen LogP contribution < -0.4 is 14.8 Å². The number of hydrogen-bond acceptors (Lipinski definition) is 3. The zero-order chi connectivity index (χ0) is 15.4. The second-order valence-corrected chi connectivity index (χ2v) is 6.44. The zero-order valence-electron chi connectivity index (χ0n) is 14.0. The number of hydrogen-bond donors (Lipinski definition) is 1. The summed E-state index contributed by atoms with van der Waals surface area (Å²) < 4.78 is 10.8. The predicted molar refractivity (Wildman–Crippen MR) is 87.0 cm³/mol. The van der Waals surface area contributed by atoms with Gasteiger partial charge in [0.15, 0.2) is 0 Å². The molecule has 0 aliphatic heterocycles. The van der Waals surface area contributed by atoms with Crippen LogP contribution in [-0.2, 0) is 0 Å². The van der Waals surface area contributed by atoms with Gasteiger partial charge in [-0.05, 0) is 55.3 Å². The molecule has 3 nitrogen and oxygen atoms in total. The first-order valence-corrected chi connectivity index (χ1v) is 7.99. The van der Waals surface area contributed by atoms with Crippen molar-refractivity contribution in [1.29, 1.82) is 0 Å². The van der Waals surface area contributed by atoms with Crippen molar-refractivity contribution in [2.24, 2.45) is 17.8 Å². The molecule has 0 aromatic heterocycles. The highest BCUT2D eigenvalue weighted by molar-refractivity contribution is 5.40. The fourth-order valence-electron chi connectivity index (χ4n) is 3.58. The van der Waals surface area contributed by atoms with Gasteiger partial charge in [0.05, 0.1) is 14.2 Å². The summed E-state index contributed by atoms with van der Waals surface area (Å²) in [7, 11) is 5.47. The van der Waals surface area contributed by atoms with Crippen LogP contribution in [0.4, 0.5) is 0 Å². The highest BCUT2D eigenvalue weighted by Gasteiger charge is 2.30. The first-order chi connectivity index (χ1) is 10.1. The topological polar surface area (TPSA) is 30.5 Å². The van der Waals surface area contributed by atoms with Crippen molar-refractivity contribution in [3.8, 4) is 11.5 Å². The second kappa shape index (κ2) is 7.17. The summed E-state index contributed by atoms with van der Waals surface area (Å²) in [5, 5.41) is 3.51. The van der Waals surface area contributed by atoms with E-state index in [0.717, 1.165) is 23.3 Å². The maximum atomic E-state index is 5.41. The molecule has 1 fully saturated rings. The Bertz CT molecular complexity index is 438. The van der Waals surface area contributed by atoms with Gasteiger partial charge in [-0.1, -0.05) is 20.3 Å². The van der Waals surface area contributed by atoms with Crippen molar-refractivity contribution in [1.82, 2.24) is 5.32 Å². The predicted octanol–water partition coefficient (Wildman–Crippen LogP) is 4.04. The van der Waals surface area contributed by atoms with Gasteiger partial charge in [-0.2, -0.15) is 0 Å². The Morgan fingerprint density at radius 3 is 2.10 bits per heavy atom. The lowest BCUT2D eigenvalue weighted by atomic mass is 9.72. The van der Waals surface area contributed by atoms with Crippen LogP contribution in [0.25, 0.3) is 0 Å². The average molecular weight is 291 g/mol. The SMILES string of the molecule is CNC(c1cc(OC)cc(OC)c1)C1CCC(C)C(C)C1. The van der Waals surface area contributed by atoms with Crippen molar-refractivity contribution in [2.45, 2.75) is 39.2 Å². The van der Waals surface area contributed by atoms with Gasteiger partial charge in [0.2, 0.25) is 0 Å². The summed E-state index contributed by atoms with van der Waals surface area (Å²) in [6, 6.07) is 6.56.